The number of halogens is 3. The lowest BCUT2D eigenvalue weighted by atomic mass is 9.95. The molecule has 1 aliphatic heterocycles. The maximum absolute atomic E-state index is 13.0. The average Bonchev–Trinajstić information content (AvgIpc) is 3.25. The third-order valence-electron chi connectivity index (χ3n) is 4.68. The fourth-order valence-electron chi connectivity index (χ4n) is 3.30. The van der Waals surface area contributed by atoms with Crippen LogP contribution in [0.25, 0.3) is 5.76 Å². The number of ketones is 1. The maximum atomic E-state index is 13.0. The average molecular weight is 464 g/mol. The van der Waals surface area contributed by atoms with Crippen molar-refractivity contribution in [3.8, 4) is 0 Å². The topological polar surface area (TPSA) is 83.6 Å². The molecule has 0 radical (unpaired) electrons. The van der Waals surface area contributed by atoms with Gasteiger partial charge in [-0.15, -0.1) is 0 Å². The standard InChI is InChI=1S/C21H13Cl3N2O4/c1-10-8-16(25-30-10)26-18(12-4-7-14(23)15(24)9-12)17(20(28)21(26)29)19(27)11-2-5-13(22)6-3-11/h2-9,18,27H,1H3/b19-17+. The van der Waals surface area contributed by atoms with Crippen LogP contribution in [0, 0.1) is 6.92 Å². The van der Waals surface area contributed by atoms with Crippen LogP contribution in [0.2, 0.25) is 15.1 Å². The van der Waals surface area contributed by atoms with Crippen molar-refractivity contribution in [2.75, 3.05) is 4.90 Å². The monoisotopic (exact) mass is 462 g/mol. The van der Waals surface area contributed by atoms with E-state index in [1.54, 1.807) is 43.3 Å². The predicted molar refractivity (Wildman–Crippen MR) is 114 cm³/mol. The lowest BCUT2D eigenvalue weighted by Gasteiger charge is -2.23. The van der Waals surface area contributed by atoms with E-state index in [1.807, 2.05) is 0 Å². The van der Waals surface area contributed by atoms with E-state index < -0.39 is 17.7 Å². The fraction of sp³-hybridized carbons (Fsp3) is 0.0952. The van der Waals surface area contributed by atoms with E-state index in [2.05, 4.69) is 5.16 Å². The van der Waals surface area contributed by atoms with Gasteiger partial charge in [-0.25, -0.2) is 0 Å². The molecule has 4 rings (SSSR count). The molecule has 30 heavy (non-hydrogen) atoms. The van der Waals surface area contributed by atoms with Crippen LogP contribution in [-0.4, -0.2) is 22.0 Å². The molecule has 0 spiro atoms. The van der Waals surface area contributed by atoms with Gasteiger partial charge in [0.05, 0.1) is 21.7 Å². The zero-order valence-electron chi connectivity index (χ0n) is 15.4. The van der Waals surface area contributed by atoms with Crippen molar-refractivity contribution < 1.29 is 19.2 Å². The minimum absolute atomic E-state index is 0.110. The van der Waals surface area contributed by atoms with Crippen molar-refractivity contribution >= 4 is 58.1 Å². The van der Waals surface area contributed by atoms with Gasteiger partial charge in [0, 0.05) is 16.7 Å². The molecule has 1 unspecified atom stereocenters. The van der Waals surface area contributed by atoms with Crippen LogP contribution in [0.1, 0.15) is 22.9 Å². The Bertz CT molecular complexity index is 1200. The highest BCUT2D eigenvalue weighted by Crippen LogP contribution is 2.43. The first-order valence-electron chi connectivity index (χ1n) is 8.73. The number of nitrogens with zero attached hydrogens (tertiary/aromatic N) is 2. The molecule has 3 aromatic rings. The Morgan fingerprint density at radius 3 is 2.33 bits per heavy atom. The summed E-state index contributed by atoms with van der Waals surface area (Å²) in [5, 5.41) is 15.8. The van der Waals surface area contributed by atoms with Gasteiger partial charge in [-0.05, 0) is 48.9 Å². The first-order valence-corrected chi connectivity index (χ1v) is 9.86. The Hall–Kier alpha value is -2.80. The van der Waals surface area contributed by atoms with Gasteiger partial charge in [-0.1, -0.05) is 46.0 Å². The molecular weight excluding hydrogens is 451 g/mol. The summed E-state index contributed by atoms with van der Waals surface area (Å²) in [4.78, 5) is 27.0. The number of aromatic nitrogens is 1. The van der Waals surface area contributed by atoms with Gasteiger partial charge in [0.25, 0.3) is 5.78 Å². The van der Waals surface area contributed by atoms with E-state index in [9.17, 15) is 14.7 Å². The van der Waals surface area contributed by atoms with Gasteiger partial charge < -0.3 is 9.63 Å². The number of Topliss-reactive ketones (excluding diaryl/α,β-unsaturated/α-hetero) is 1. The quantitative estimate of drug-likeness (QED) is 0.312. The molecule has 1 N–H and O–H groups in total. The Morgan fingerprint density at radius 1 is 1.03 bits per heavy atom. The van der Waals surface area contributed by atoms with Crippen molar-refractivity contribution in [1.29, 1.82) is 0 Å². The van der Waals surface area contributed by atoms with E-state index in [0.717, 1.165) is 0 Å². The van der Waals surface area contributed by atoms with Crippen LogP contribution < -0.4 is 4.90 Å². The van der Waals surface area contributed by atoms with E-state index in [-0.39, 0.29) is 22.2 Å². The number of aliphatic hydroxyl groups is 1. The van der Waals surface area contributed by atoms with Gasteiger partial charge in [0.2, 0.25) is 0 Å². The normalized spacial score (nSPS) is 18.3. The summed E-state index contributed by atoms with van der Waals surface area (Å²) in [6.07, 6.45) is 0. The zero-order valence-corrected chi connectivity index (χ0v) is 17.7. The SMILES string of the molecule is Cc1cc(N2C(=O)C(=O)/C(=C(/O)c3ccc(Cl)cc3)C2c2ccc(Cl)c(Cl)c2)no1. The number of carbonyl (C=O) groups is 2. The second-order valence-corrected chi connectivity index (χ2v) is 7.90. The van der Waals surface area contributed by atoms with Gasteiger partial charge in [-0.3, -0.25) is 14.5 Å². The van der Waals surface area contributed by atoms with E-state index in [1.165, 1.54) is 17.0 Å². The molecule has 1 amide bonds. The van der Waals surface area contributed by atoms with E-state index in [0.29, 0.717) is 26.9 Å². The maximum Gasteiger partial charge on any atom is 0.301 e. The Labute approximate surface area is 186 Å². The lowest BCUT2D eigenvalue weighted by Crippen LogP contribution is -2.29. The Balaban J connectivity index is 1.96. The summed E-state index contributed by atoms with van der Waals surface area (Å²) < 4.78 is 5.09. The number of aliphatic hydroxyl groups excluding tert-OH is 1. The van der Waals surface area contributed by atoms with E-state index >= 15 is 0 Å². The van der Waals surface area contributed by atoms with Crippen LogP contribution in [0.3, 0.4) is 0 Å². The van der Waals surface area contributed by atoms with Gasteiger partial charge in [0.15, 0.2) is 5.82 Å². The summed E-state index contributed by atoms with van der Waals surface area (Å²) in [6, 6.07) is 11.5. The summed E-state index contributed by atoms with van der Waals surface area (Å²) >= 11 is 18.1. The third kappa shape index (κ3) is 3.47. The van der Waals surface area contributed by atoms with Crippen molar-refractivity contribution in [3.05, 3.63) is 86.1 Å². The van der Waals surface area contributed by atoms with Crippen molar-refractivity contribution in [1.82, 2.24) is 5.16 Å². The second-order valence-electron chi connectivity index (χ2n) is 6.65. The van der Waals surface area contributed by atoms with Crippen LogP contribution in [0.5, 0.6) is 0 Å². The molecule has 2 heterocycles. The Morgan fingerprint density at radius 2 is 1.73 bits per heavy atom. The Kier molecular flexibility index (Phi) is 5.32. The van der Waals surface area contributed by atoms with Crippen LogP contribution in [0.4, 0.5) is 5.82 Å². The van der Waals surface area contributed by atoms with Crippen LogP contribution in [-0.2, 0) is 9.59 Å². The smallest absolute Gasteiger partial charge is 0.301 e. The molecule has 0 saturated carbocycles. The molecule has 1 aromatic heterocycles. The number of amides is 1. The molecule has 6 nitrogen and oxygen atoms in total. The summed E-state index contributed by atoms with van der Waals surface area (Å²) in [5.41, 5.74) is 0.694. The molecule has 1 saturated heterocycles. The molecule has 0 bridgehead atoms. The van der Waals surface area contributed by atoms with Crippen molar-refractivity contribution in [3.63, 3.8) is 0 Å². The molecule has 1 aliphatic rings. The highest BCUT2D eigenvalue weighted by Gasteiger charge is 2.48. The predicted octanol–water partition coefficient (Wildman–Crippen LogP) is 5.57. The van der Waals surface area contributed by atoms with Crippen LogP contribution >= 0.6 is 34.8 Å². The minimum atomic E-state index is -0.986. The highest BCUT2D eigenvalue weighted by molar-refractivity contribution is 6.51. The molecule has 1 atom stereocenters. The summed E-state index contributed by atoms with van der Waals surface area (Å²) in [7, 11) is 0. The number of carbonyl (C=O) groups excluding carboxylic acids is 2. The zero-order chi connectivity index (χ0) is 21.6. The number of hydrogen-bond acceptors (Lipinski definition) is 5. The largest absolute Gasteiger partial charge is 0.507 e. The van der Waals surface area contributed by atoms with Gasteiger partial charge >= 0.3 is 5.91 Å². The lowest BCUT2D eigenvalue weighted by molar-refractivity contribution is -0.132. The number of benzene rings is 2. The molecule has 9 heteroatoms. The number of hydrogen-bond donors (Lipinski definition) is 1. The number of aryl methyl sites for hydroxylation is 1. The highest BCUT2D eigenvalue weighted by atomic mass is 35.5. The summed E-state index contributed by atoms with van der Waals surface area (Å²) in [6.45, 7) is 1.66. The van der Waals surface area contributed by atoms with Crippen molar-refractivity contribution in [2.45, 2.75) is 13.0 Å². The molecule has 0 aliphatic carbocycles. The molecule has 1 fully saturated rings. The fourth-order valence-corrected chi connectivity index (χ4v) is 3.73. The first kappa shape index (κ1) is 20.5. The third-order valence-corrected chi connectivity index (χ3v) is 5.67. The first-order chi connectivity index (χ1) is 14.3. The molecule has 152 valence electrons. The summed E-state index contributed by atoms with van der Waals surface area (Å²) in [5.74, 6) is -1.46. The van der Waals surface area contributed by atoms with Gasteiger partial charge in [0.1, 0.15) is 11.5 Å². The number of rotatable bonds is 3. The second kappa shape index (κ2) is 7.80. The molecular formula is C21H13Cl3N2O4. The number of anilines is 1. The van der Waals surface area contributed by atoms with Crippen LogP contribution in [0.15, 0.2) is 58.6 Å². The molecule has 2 aromatic carbocycles. The van der Waals surface area contributed by atoms with Crippen molar-refractivity contribution in [2.24, 2.45) is 0 Å². The minimum Gasteiger partial charge on any atom is -0.507 e. The van der Waals surface area contributed by atoms with Gasteiger partial charge in [-0.2, -0.15) is 0 Å². The van der Waals surface area contributed by atoms with E-state index in [4.69, 9.17) is 39.3 Å².